The van der Waals surface area contributed by atoms with Crippen molar-refractivity contribution in [1.82, 2.24) is 9.97 Å². The Balaban J connectivity index is 2.12. The number of aryl methyl sites for hydroxylation is 2. The predicted molar refractivity (Wildman–Crippen MR) is 120 cm³/mol. The number of rotatable bonds is 8. The fraction of sp³-hybridized carbons (Fsp3) is 0.412. The number of hydrogen-bond donors (Lipinski definition) is 8. The molecule has 8 N–H and O–H groups in total. The van der Waals surface area contributed by atoms with Crippen LogP contribution in [-0.4, -0.2) is 79.5 Å². The van der Waals surface area contributed by atoms with E-state index in [1.165, 1.54) is 12.1 Å². The minimum atomic E-state index is -5.10. The van der Waals surface area contributed by atoms with Crippen molar-refractivity contribution in [3.05, 3.63) is 44.1 Å². The van der Waals surface area contributed by atoms with Crippen LogP contribution in [0, 0.1) is 13.8 Å². The molecule has 0 unspecified atom stereocenters. The van der Waals surface area contributed by atoms with Gasteiger partial charge in [-0.15, -0.1) is 0 Å². The van der Waals surface area contributed by atoms with Gasteiger partial charge in [-0.05, 0) is 37.1 Å². The van der Waals surface area contributed by atoms with Crippen molar-refractivity contribution < 1.29 is 47.2 Å². The SMILES string of the molecule is Cc1cc2c(cc1C)N(S(=O)(=O)O)c1c([nH]c(=O)[nH]c1=O)N2C[C@@H](O)[C@H](O)[C@@H](O)COP(=O)(O)O. The lowest BCUT2D eigenvalue weighted by molar-refractivity contribution is -0.0717. The van der Waals surface area contributed by atoms with Crippen molar-refractivity contribution in [1.29, 1.82) is 0 Å². The highest BCUT2D eigenvalue weighted by Crippen LogP contribution is 2.47. The van der Waals surface area contributed by atoms with Crippen LogP contribution in [0.25, 0.3) is 0 Å². The third kappa shape index (κ3) is 5.64. The third-order valence-corrected chi connectivity index (χ3v) is 6.60. The van der Waals surface area contributed by atoms with Crippen LogP contribution in [0.1, 0.15) is 11.1 Å². The van der Waals surface area contributed by atoms with E-state index in [-0.39, 0.29) is 11.4 Å². The van der Waals surface area contributed by atoms with Crippen LogP contribution in [0.4, 0.5) is 22.9 Å². The quantitative estimate of drug-likeness (QED) is 0.137. The Kier molecular flexibility index (Phi) is 7.29. The lowest BCUT2D eigenvalue weighted by Gasteiger charge is -2.39. The summed E-state index contributed by atoms with van der Waals surface area (Å²) in [6.07, 6.45) is -5.88. The van der Waals surface area contributed by atoms with E-state index in [1.807, 2.05) is 4.98 Å². The fourth-order valence-corrected chi connectivity index (χ4v) is 4.65. The van der Waals surface area contributed by atoms with Crippen LogP contribution in [-0.2, 0) is 19.4 Å². The monoisotopic (exact) mass is 538 g/mol. The van der Waals surface area contributed by atoms with E-state index >= 15 is 0 Å². The van der Waals surface area contributed by atoms with Crippen molar-refractivity contribution in [3.8, 4) is 0 Å². The van der Waals surface area contributed by atoms with Gasteiger partial charge in [-0.3, -0.25) is 23.8 Å². The molecule has 18 heteroatoms. The number of aromatic amines is 2. The molecule has 3 atom stereocenters. The van der Waals surface area contributed by atoms with Gasteiger partial charge in [0, 0.05) is 0 Å². The molecule has 35 heavy (non-hydrogen) atoms. The Morgan fingerprint density at radius 3 is 2.14 bits per heavy atom. The normalized spacial score (nSPS) is 16.5. The van der Waals surface area contributed by atoms with Crippen molar-refractivity contribution >= 4 is 41.0 Å². The molecular formula is C17H23N4O12PS. The number of phosphoric ester groups is 1. The Morgan fingerprint density at radius 1 is 1.03 bits per heavy atom. The van der Waals surface area contributed by atoms with Crippen molar-refractivity contribution in [3.63, 3.8) is 0 Å². The molecule has 0 radical (unpaired) electrons. The molecule has 16 nitrogen and oxygen atoms in total. The van der Waals surface area contributed by atoms with Gasteiger partial charge < -0.3 is 30.0 Å². The van der Waals surface area contributed by atoms with Gasteiger partial charge in [0.25, 0.3) is 5.56 Å². The number of nitrogens with one attached hydrogen (secondary N) is 2. The third-order valence-electron chi connectivity index (χ3n) is 5.27. The zero-order valence-corrected chi connectivity index (χ0v) is 19.9. The van der Waals surface area contributed by atoms with E-state index in [2.05, 4.69) is 9.51 Å². The van der Waals surface area contributed by atoms with E-state index in [4.69, 9.17) is 9.79 Å². The highest BCUT2D eigenvalue weighted by atomic mass is 32.2. The molecule has 0 bridgehead atoms. The summed E-state index contributed by atoms with van der Waals surface area (Å²) >= 11 is 0. The topological polar surface area (TPSA) is 254 Å². The van der Waals surface area contributed by atoms with Crippen LogP contribution in [0.15, 0.2) is 21.7 Å². The first-order valence-electron chi connectivity index (χ1n) is 9.78. The second kappa shape index (κ2) is 9.45. The fourth-order valence-electron chi connectivity index (χ4n) is 3.51. The van der Waals surface area contributed by atoms with E-state index in [0.717, 1.165) is 4.90 Å². The molecule has 0 saturated heterocycles. The number of fused-ring (bicyclic) bond motifs is 2. The number of H-pyrrole nitrogens is 2. The predicted octanol–water partition coefficient (Wildman–Crippen LogP) is -1.74. The average Bonchev–Trinajstić information content (AvgIpc) is 2.71. The van der Waals surface area contributed by atoms with Crippen molar-refractivity contribution in [2.45, 2.75) is 32.2 Å². The summed E-state index contributed by atoms with van der Waals surface area (Å²) in [5.41, 5.74) is -2.00. The molecule has 0 spiro atoms. The molecule has 1 aliphatic heterocycles. The first-order valence-corrected chi connectivity index (χ1v) is 12.7. The van der Waals surface area contributed by atoms with Crippen LogP contribution in [0.3, 0.4) is 0 Å². The van der Waals surface area contributed by atoms with Gasteiger partial charge in [0.15, 0.2) is 5.69 Å². The van der Waals surface area contributed by atoms with Crippen molar-refractivity contribution in [2.24, 2.45) is 0 Å². The van der Waals surface area contributed by atoms with Crippen LogP contribution in [0.5, 0.6) is 0 Å². The zero-order chi connectivity index (χ0) is 26.5. The first kappa shape index (κ1) is 27.0. The minimum Gasteiger partial charge on any atom is -0.388 e. The number of aliphatic hydroxyl groups is 3. The maximum atomic E-state index is 12.6. The van der Waals surface area contributed by atoms with Gasteiger partial charge in [0.2, 0.25) is 0 Å². The summed E-state index contributed by atoms with van der Waals surface area (Å²) in [5.74, 6) is -0.459. The van der Waals surface area contributed by atoms with Gasteiger partial charge in [0.05, 0.1) is 24.5 Å². The lowest BCUT2D eigenvalue weighted by Crippen LogP contribution is -2.48. The maximum absolute atomic E-state index is 12.6. The van der Waals surface area contributed by atoms with Gasteiger partial charge in [-0.25, -0.2) is 13.7 Å². The first-order chi connectivity index (χ1) is 16.0. The summed E-state index contributed by atoms with van der Waals surface area (Å²) in [4.78, 5) is 47.2. The maximum Gasteiger partial charge on any atom is 0.469 e. The molecular weight excluding hydrogens is 515 g/mol. The Bertz CT molecular complexity index is 1400. The number of anilines is 4. The summed E-state index contributed by atoms with van der Waals surface area (Å²) in [5, 5.41) is 30.8. The number of benzene rings is 1. The molecule has 0 aliphatic carbocycles. The van der Waals surface area contributed by atoms with Crippen LogP contribution < -0.4 is 20.5 Å². The Morgan fingerprint density at radius 2 is 1.60 bits per heavy atom. The van der Waals surface area contributed by atoms with Crippen LogP contribution >= 0.6 is 7.82 Å². The smallest absolute Gasteiger partial charge is 0.388 e. The number of nitrogens with zero attached hydrogens (tertiary/aromatic N) is 2. The van der Waals surface area contributed by atoms with E-state index in [1.54, 1.807) is 13.8 Å². The van der Waals surface area contributed by atoms with Gasteiger partial charge in [-0.1, -0.05) is 0 Å². The number of phosphoric acid groups is 1. The largest absolute Gasteiger partial charge is 0.469 e. The number of aliphatic hydroxyl groups excluding tert-OH is 3. The number of hydrogen-bond acceptors (Lipinski definition) is 10. The molecule has 1 aromatic carbocycles. The molecule has 194 valence electrons. The molecule has 0 amide bonds. The molecule has 2 aromatic rings. The summed E-state index contributed by atoms with van der Waals surface area (Å²) in [6, 6.07) is 2.78. The second-order valence-corrected chi connectivity index (χ2v) is 10.3. The highest BCUT2D eigenvalue weighted by molar-refractivity contribution is 7.87. The molecule has 3 rings (SSSR count). The van der Waals surface area contributed by atoms with Crippen molar-refractivity contribution in [2.75, 3.05) is 22.4 Å². The van der Waals surface area contributed by atoms with Gasteiger partial charge in [0.1, 0.15) is 24.1 Å². The molecule has 1 aliphatic rings. The highest BCUT2D eigenvalue weighted by Gasteiger charge is 2.40. The summed E-state index contributed by atoms with van der Waals surface area (Å²) in [6.45, 7) is 1.59. The number of β-amino-alcohol motifs (C(OH)–C–C–N with tert-alkyl or cyclic N) is 1. The molecule has 0 fully saturated rings. The zero-order valence-electron chi connectivity index (χ0n) is 18.2. The van der Waals surface area contributed by atoms with Crippen LogP contribution in [0.2, 0.25) is 0 Å². The molecule has 0 saturated carbocycles. The van der Waals surface area contributed by atoms with E-state index < -0.39 is 72.3 Å². The number of aromatic nitrogens is 2. The molecule has 2 heterocycles. The Labute approximate surface area is 197 Å². The average molecular weight is 538 g/mol. The second-order valence-electron chi connectivity index (χ2n) is 7.80. The minimum absolute atomic E-state index is 0.00770. The van der Waals surface area contributed by atoms with E-state index in [9.17, 15) is 42.4 Å². The van der Waals surface area contributed by atoms with Gasteiger partial charge in [-0.2, -0.15) is 8.42 Å². The summed E-state index contributed by atoms with van der Waals surface area (Å²) in [7, 11) is -10.1. The van der Waals surface area contributed by atoms with E-state index in [0.29, 0.717) is 15.4 Å². The lowest BCUT2D eigenvalue weighted by atomic mass is 10.0. The Hall–Kier alpha value is -2.60. The van der Waals surface area contributed by atoms with Gasteiger partial charge >= 0.3 is 23.8 Å². The molecule has 1 aromatic heterocycles. The summed E-state index contributed by atoms with van der Waals surface area (Å²) < 4.78 is 49.6. The standard InChI is InChI=1S/C17H23N4O12PS/c1-7-3-9-10(4-8(7)2)21(35(30,31)32)13-15(18-17(26)19-16(13)25)20(9)5-11(22)14(24)12(23)6-33-34(27,28)29/h3-4,11-12,14,22-24H,5-6H2,1-2H3,(H2,27,28,29)(H,30,31,32)(H2,18,19,25,26)/t11-,12+,14+/m1/s1.